The van der Waals surface area contributed by atoms with Crippen molar-refractivity contribution < 1.29 is 9.53 Å². The fourth-order valence-corrected chi connectivity index (χ4v) is 2.60. The third-order valence-corrected chi connectivity index (χ3v) is 4.26. The first-order valence-corrected chi connectivity index (χ1v) is 6.57. The molecule has 1 aliphatic rings. The van der Waals surface area contributed by atoms with Crippen LogP contribution in [0.5, 0.6) is 0 Å². The molecule has 1 unspecified atom stereocenters. The van der Waals surface area contributed by atoms with Crippen LogP contribution in [0.1, 0.15) is 24.2 Å². The predicted octanol–water partition coefficient (Wildman–Crippen LogP) is 2.03. The molecule has 0 aliphatic heterocycles. The summed E-state index contributed by atoms with van der Waals surface area (Å²) in [5, 5.41) is 4.29. The maximum atomic E-state index is 12.2. The highest BCUT2D eigenvalue weighted by atomic mass is 79.9. The average molecular weight is 301 g/mol. The van der Waals surface area contributed by atoms with Gasteiger partial charge in [0.1, 0.15) is 6.10 Å². The number of hydrogen-bond donors (Lipinski definition) is 0. The Morgan fingerprint density at radius 3 is 2.71 bits per heavy atom. The number of ether oxygens (including phenoxy) is 1. The number of carbonyl (C=O) groups is 1. The van der Waals surface area contributed by atoms with Gasteiger partial charge in [-0.05, 0) is 41.6 Å². The fourth-order valence-electron chi connectivity index (χ4n) is 2.12. The summed E-state index contributed by atoms with van der Waals surface area (Å²) in [6.07, 6.45) is 2.36. The maximum absolute atomic E-state index is 12.2. The zero-order valence-corrected chi connectivity index (χ0v) is 12.0. The minimum absolute atomic E-state index is 0.152. The molecule has 1 aliphatic carbocycles. The highest BCUT2D eigenvalue weighted by molar-refractivity contribution is 9.10. The van der Waals surface area contributed by atoms with Crippen LogP contribution in [0.4, 0.5) is 0 Å². The summed E-state index contributed by atoms with van der Waals surface area (Å²) in [5.41, 5.74) is 1.84. The first-order chi connectivity index (χ1) is 8.04. The van der Waals surface area contributed by atoms with E-state index < -0.39 is 0 Å². The second-order valence-corrected chi connectivity index (χ2v) is 5.40. The van der Waals surface area contributed by atoms with Crippen molar-refractivity contribution in [3.63, 3.8) is 0 Å². The third-order valence-electron chi connectivity index (χ3n) is 3.22. The smallest absolute Gasteiger partial charge is 0.167 e. The van der Waals surface area contributed by atoms with Crippen molar-refractivity contribution in [3.05, 3.63) is 15.9 Å². The Hall–Kier alpha value is -0.680. The van der Waals surface area contributed by atoms with E-state index in [1.165, 1.54) is 0 Å². The molecule has 1 saturated carbocycles. The quantitative estimate of drug-likeness (QED) is 0.836. The van der Waals surface area contributed by atoms with Crippen LogP contribution in [0.2, 0.25) is 0 Å². The zero-order chi connectivity index (χ0) is 12.6. The topological polar surface area (TPSA) is 44.1 Å². The number of nitrogens with zero attached hydrogens (tertiary/aromatic N) is 2. The normalized spacial score (nSPS) is 17.2. The van der Waals surface area contributed by atoms with Crippen LogP contribution in [0, 0.1) is 12.8 Å². The van der Waals surface area contributed by atoms with Gasteiger partial charge < -0.3 is 4.74 Å². The third kappa shape index (κ3) is 2.60. The van der Waals surface area contributed by atoms with Gasteiger partial charge in [0.05, 0.1) is 22.3 Å². The largest absolute Gasteiger partial charge is 0.373 e. The van der Waals surface area contributed by atoms with Gasteiger partial charge in [0.2, 0.25) is 0 Å². The minimum Gasteiger partial charge on any atom is -0.373 e. The van der Waals surface area contributed by atoms with E-state index in [1.54, 1.807) is 11.8 Å². The van der Waals surface area contributed by atoms with E-state index in [0.29, 0.717) is 12.3 Å². The Balaban J connectivity index is 2.11. The molecule has 1 aromatic rings. The lowest BCUT2D eigenvalue weighted by molar-refractivity contribution is -0.129. The molecule has 5 heteroatoms. The number of Topliss-reactive ketones (excluding diaryl/α,β-unsaturated/α-hetero) is 1. The summed E-state index contributed by atoms with van der Waals surface area (Å²) < 4.78 is 7.99. The van der Waals surface area contributed by atoms with E-state index in [1.807, 2.05) is 14.0 Å². The van der Waals surface area contributed by atoms with Gasteiger partial charge >= 0.3 is 0 Å². The fraction of sp³-hybridized carbons (Fsp3) is 0.667. The van der Waals surface area contributed by atoms with E-state index in [2.05, 4.69) is 21.0 Å². The monoisotopic (exact) mass is 300 g/mol. The maximum Gasteiger partial charge on any atom is 0.167 e. The van der Waals surface area contributed by atoms with Crippen molar-refractivity contribution in [3.8, 4) is 0 Å². The SMILES string of the molecule is COC(C(=O)Cc1c(Br)c(C)nn1C)C1CC1. The number of halogens is 1. The molecular weight excluding hydrogens is 284 g/mol. The van der Waals surface area contributed by atoms with Crippen LogP contribution in [-0.4, -0.2) is 28.8 Å². The van der Waals surface area contributed by atoms with Crippen LogP contribution in [0.15, 0.2) is 4.47 Å². The summed E-state index contributed by atoms with van der Waals surface area (Å²) in [5.74, 6) is 0.583. The second kappa shape index (κ2) is 4.90. The van der Waals surface area contributed by atoms with Crippen LogP contribution >= 0.6 is 15.9 Å². The molecule has 0 amide bonds. The molecule has 1 atom stereocenters. The molecule has 0 bridgehead atoms. The summed E-state index contributed by atoms with van der Waals surface area (Å²) >= 11 is 3.48. The molecule has 1 aromatic heterocycles. The van der Waals surface area contributed by atoms with Crippen molar-refractivity contribution in [2.75, 3.05) is 7.11 Å². The summed E-state index contributed by atoms with van der Waals surface area (Å²) in [4.78, 5) is 12.2. The number of ketones is 1. The Kier molecular flexibility index (Phi) is 3.68. The first kappa shape index (κ1) is 12.8. The van der Waals surface area contributed by atoms with Crippen LogP contribution < -0.4 is 0 Å². The summed E-state index contributed by atoms with van der Waals surface area (Å²) in [7, 11) is 3.48. The lowest BCUT2D eigenvalue weighted by atomic mass is 10.1. The van der Waals surface area contributed by atoms with Crippen molar-refractivity contribution in [2.45, 2.75) is 32.3 Å². The van der Waals surface area contributed by atoms with Gasteiger partial charge in [-0.3, -0.25) is 9.48 Å². The van der Waals surface area contributed by atoms with Crippen LogP contribution in [0.25, 0.3) is 0 Å². The second-order valence-electron chi connectivity index (χ2n) is 4.61. The lowest BCUT2D eigenvalue weighted by Crippen LogP contribution is -2.27. The number of hydrogen-bond acceptors (Lipinski definition) is 3. The predicted molar refractivity (Wildman–Crippen MR) is 67.9 cm³/mol. The van der Waals surface area contributed by atoms with Gasteiger partial charge in [0, 0.05) is 14.2 Å². The number of aryl methyl sites for hydroxylation is 2. The minimum atomic E-state index is -0.239. The van der Waals surface area contributed by atoms with Gasteiger partial charge in [-0.25, -0.2) is 0 Å². The Morgan fingerprint density at radius 2 is 2.29 bits per heavy atom. The highest BCUT2D eigenvalue weighted by Gasteiger charge is 2.36. The number of aromatic nitrogens is 2. The molecule has 94 valence electrons. The first-order valence-electron chi connectivity index (χ1n) is 5.78. The number of methoxy groups -OCH3 is 1. The van der Waals surface area contributed by atoms with Crippen molar-refractivity contribution in [1.82, 2.24) is 9.78 Å². The van der Waals surface area contributed by atoms with Crippen molar-refractivity contribution in [1.29, 1.82) is 0 Å². The molecule has 2 rings (SSSR count). The standard InChI is InChI=1S/C12H17BrN2O2/c1-7-11(13)9(15(2)14-7)6-10(16)12(17-3)8-4-5-8/h8,12H,4-6H2,1-3H3. The molecular formula is C12H17BrN2O2. The summed E-state index contributed by atoms with van der Waals surface area (Å²) in [6.45, 7) is 1.92. The van der Waals surface area contributed by atoms with E-state index in [-0.39, 0.29) is 11.9 Å². The van der Waals surface area contributed by atoms with Gasteiger partial charge in [-0.1, -0.05) is 0 Å². The van der Waals surface area contributed by atoms with Crippen LogP contribution in [0.3, 0.4) is 0 Å². The Labute approximate surface area is 109 Å². The molecule has 0 saturated heterocycles. The average Bonchev–Trinajstić information content (AvgIpc) is 3.06. The van der Waals surface area contributed by atoms with E-state index in [9.17, 15) is 4.79 Å². The van der Waals surface area contributed by atoms with E-state index in [4.69, 9.17) is 4.74 Å². The molecule has 1 heterocycles. The summed E-state index contributed by atoms with van der Waals surface area (Å²) in [6, 6.07) is 0. The molecule has 0 radical (unpaired) electrons. The van der Waals surface area contributed by atoms with Gasteiger partial charge in [0.25, 0.3) is 0 Å². The molecule has 0 spiro atoms. The number of rotatable bonds is 5. The van der Waals surface area contributed by atoms with Crippen molar-refractivity contribution in [2.24, 2.45) is 13.0 Å². The van der Waals surface area contributed by atoms with E-state index >= 15 is 0 Å². The van der Waals surface area contributed by atoms with Crippen molar-refractivity contribution >= 4 is 21.7 Å². The zero-order valence-electron chi connectivity index (χ0n) is 10.4. The highest BCUT2D eigenvalue weighted by Crippen LogP contribution is 2.35. The Bertz CT molecular complexity index is 438. The molecule has 1 fully saturated rings. The molecule has 0 N–H and O–H groups in total. The van der Waals surface area contributed by atoms with Gasteiger partial charge in [-0.15, -0.1) is 0 Å². The molecule has 17 heavy (non-hydrogen) atoms. The van der Waals surface area contributed by atoms with Crippen LogP contribution in [-0.2, 0) is 23.0 Å². The van der Waals surface area contributed by atoms with Gasteiger partial charge in [0.15, 0.2) is 5.78 Å². The Morgan fingerprint density at radius 1 is 1.65 bits per heavy atom. The number of carbonyl (C=O) groups excluding carboxylic acids is 1. The molecule has 0 aromatic carbocycles. The van der Waals surface area contributed by atoms with E-state index in [0.717, 1.165) is 28.7 Å². The lowest BCUT2D eigenvalue weighted by Gasteiger charge is -2.13. The molecule has 4 nitrogen and oxygen atoms in total. The van der Waals surface area contributed by atoms with Gasteiger partial charge in [-0.2, -0.15) is 5.10 Å².